The molecular weight excluding hydrogens is 384 g/mol. The van der Waals surface area contributed by atoms with Crippen molar-refractivity contribution in [2.45, 2.75) is 26.1 Å². The summed E-state index contributed by atoms with van der Waals surface area (Å²) >= 11 is 5.81. The third-order valence-electron chi connectivity index (χ3n) is 3.74. The molecule has 2 rings (SSSR count). The Balaban J connectivity index is 1.66. The summed E-state index contributed by atoms with van der Waals surface area (Å²) in [5, 5.41) is 15.2. The number of carbonyl (C=O) groups is 2. The zero-order chi connectivity index (χ0) is 20.5. The topological polar surface area (TPSA) is 96.9 Å². The fraction of sp³-hybridized carbons (Fsp3) is 0.300. The maximum atomic E-state index is 12.0. The number of nitrogens with one attached hydrogen (secondary N) is 2. The molecule has 0 fully saturated rings. The number of rotatable bonds is 9. The first-order chi connectivity index (χ1) is 13.3. The van der Waals surface area contributed by atoms with E-state index in [1.807, 2.05) is 0 Å². The Morgan fingerprint density at radius 3 is 1.68 bits per heavy atom. The molecule has 0 heterocycles. The smallest absolute Gasteiger partial charge is 0.260 e. The molecule has 0 aliphatic carbocycles. The molecule has 2 aromatic rings. The van der Waals surface area contributed by atoms with Crippen LogP contribution in [0.2, 0.25) is 5.02 Å². The first-order valence-electron chi connectivity index (χ1n) is 8.78. The number of ether oxygens (including phenoxy) is 2. The molecule has 3 N–H and O–H groups in total. The molecular formula is C20H23ClN2O5. The second kappa shape index (κ2) is 10.4. The number of aromatic hydroxyl groups is 1. The van der Waals surface area contributed by atoms with E-state index in [0.29, 0.717) is 16.5 Å². The van der Waals surface area contributed by atoms with Crippen LogP contribution in [0, 0.1) is 0 Å². The monoisotopic (exact) mass is 406 g/mol. The Morgan fingerprint density at radius 2 is 1.25 bits per heavy atom. The molecule has 2 aromatic carbocycles. The van der Waals surface area contributed by atoms with Gasteiger partial charge in [-0.15, -0.1) is 0 Å². The zero-order valence-electron chi connectivity index (χ0n) is 15.6. The molecule has 8 heteroatoms. The van der Waals surface area contributed by atoms with Crippen molar-refractivity contribution in [2.24, 2.45) is 0 Å². The Kier molecular flexibility index (Phi) is 7.95. The standard InChI is InChI=1S/C20H23ClN2O5/c1-13(27-17-7-3-15(21)4-8-17)19(25)22-11-12-23-20(26)14(2)28-18-9-5-16(24)6-10-18/h3-10,13-14,24H,11-12H2,1-2H3,(H,22,25)(H,23,26). The van der Waals surface area contributed by atoms with Crippen molar-refractivity contribution in [1.82, 2.24) is 10.6 Å². The minimum absolute atomic E-state index is 0.120. The normalized spacial score (nSPS) is 12.5. The lowest BCUT2D eigenvalue weighted by Gasteiger charge is -2.16. The number of carbonyl (C=O) groups excluding carboxylic acids is 2. The van der Waals surface area contributed by atoms with Gasteiger partial charge in [0.05, 0.1) is 0 Å². The highest BCUT2D eigenvalue weighted by Crippen LogP contribution is 2.17. The van der Waals surface area contributed by atoms with E-state index in [1.54, 1.807) is 50.2 Å². The Morgan fingerprint density at radius 1 is 0.857 bits per heavy atom. The lowest BCUT2D eigenvalue weighted by Crippen LogP contribution is -2.43. The molecule has 2 unspecified atom stereocenters. The van der Waals surface area contributed by atoms with E-state index in [2.05, 4.69) is 10.6 Å². The van der Waals surface area contributed by atoms with Crippen LogP contribution < -0.4 is 20.1 Å². The lowest BCUT2D eigenvalue weighted by atomic mass is 10.3. The van der Waals surface area contributed by atoms with Gasteiger partial charge in [0.25, 0.3) is 11.8 Å². The van der Waals surface area contributed by atoms with E-state index in [9.17, 15) is 14.7 Å². The molecule has 2 atom stereocenters. The Bertz CT molecular complexity index is 713. The first-order valence-corrected chi connectivity index (χ1v) is 9.16. The summed E-state index contributed by atoms with van der Waals surface area (Å²) in [5.41, 5.74) is 0. The summed E-state index contributed by atoms with van der Waals surface area (Å²) in [6.45, 7) is 3.76. The lowest BCUT2D eigenvalue weighted by molar-refractivity contribution is -0.129. The predicted octanol–water partition coefficient (Wildman–Crippen LogP) is 2.51. The summed E-state index contributed by atoms with van der Waals surface area (Å²) in [5.74, 6) is 0.530. The second-order valence-electron chi connectivity index (χ2n) is 6.05. The average Bonchev–Trinajstić information content (AvgIpc) is 2.68. The quantitative estimate of drug-likeness (QED) is 0.556. The summed E-state index contributed by atoms with van der Waals surface area (Å²) in [6, 6.07) is 12.8. The van der Waals surface area contributed by atoms with Crippen molar-refractivity contribution in [3.63, 3.8) is 0 Å². The number of hydrogen-bond acceptors (Lipinski definition) is 5. The van der Waals surface area contributed by atoms with Gasteiger partial charge in [0, 0.05) is 18.1 Å². The van der Waals surface area contributed by atoms with Crippen molar-refractivity contribution < 1.29 is 24.2 Å². The average molecular weight is 407 g/mol. The van der Waals surface area contributed by atoms with Gasteiger partial charge in [-0.05, 0) is 62.4 Å². The van der Waals surface area contributed by atoms with Crippen LogP contribution in [0.1, 0.15) is 13.8 Å². The number of hydrogen-bond donors (Lipinski definition) is 3. The third-order valence-corrected chi connectivity index (χ3v) is 3.99. The number of phenols is 1. The Hall–Kier alpha value is -2.93. The molecule has 28 heavy (non-hydrogen) atoms. The van der Waals surface area contributed by atoms with Gasteiger partial charge in [-0.3, -0.25) is 9.59 Å². The van der Waals surface area contributed by atoms with Crippen molar-refractivity contribution in [3.05, 3.63) is 53.6 Å². The van der Waals surface area contributed by atoms with Crippen LogP contribution in [0.25, 0.3) is 0 Å². The molecule has 2 amide bonds. The van der Waals surface area contributed by atoms with Crippen LogP contribution in [-0.4, -0.2) is 42.2 Å². The number of phenolic OH excluding ortho intramolecular Hbond substituents is 1. The molecule has 0 aliphatic heterocycles. The van der Waals surface area contributed by atoms with E-state index in [1.165, 1.54) is 12.1 Å². The van der Waals surface area contributed by atoms with Gasteiger partial charge >= 0.3 is 0 Å². The van der Waals surface area contributed by atoms with E-state index in [0.717, 1.165) is 0 Å². The molecule has 0 bridgehead atoms. The first kappa shape index (κ1) is 21.4. The van der Waals surface area contributed by atoms with Gasteiger partial charge in [0.15, 0.2) is 12.2 Å². The minimum Gasteiger partial charge on any atom is -0.508 e. The van der Waals surface area contributed by atoms with E-state index >= 15 is 0 Å². The summed E-state index contributed by atoms with van der Waals surface area (Å²) in [6.07, 6.45) is -1.40. The van der Waals surface area contributed by atoms with Gasteiger partial charge in [0.2, 0.25) is 0 Å². The highest BCUT2D eigenvalue weighted by Gasteiger charge is 2.16. The van der Waals surface area contributed by atoms with Crippen molar-refractivity contribution in [1.29, 1.82) is 0 Å². The summed E-state index contributed by atoms with van der Waals surface area (Å²) < 4.78 is 11.0. The van der Waals surface area contributed by atoms with Crippen LogP contribution in [0.3, 0.4) is 0 Å². The summed E-state index contributed by atoms with van der Waals surface area (Å²) in [4.78, 5) is 24.1. The fourth-order valence-corrected chi connectivity index (χ4v) is 2.34. The molecule has 0 aliphatic rings. The van der Waals surface area contributed by atoms with Crippen LogP contribution in [-0.2, 0) is 9.59 Å². The van der Waals surface area contributed by atoms with E-state index < -0.39 is 12.2 Å². The highest BCUT2D eigenvalue weighted by molar-refractivity contribution is 6.30. The van der Waals surface area contributed by atoms with Gasteiger partial charge in [-0.2, -0.15) is 0 Å². The van der Waals surface area contributed by atoms with Gasteiger partial charge in [-0.1, -0.05) is 11.6 Å². The number of halogens is 1. The van der Waals surface area contributed by atoms with Crippen LogP contribution >= 0.6 is 11.6 Å². The van der Waals surface area contributed by atoms with Gasteiger partial charge in [-0.25, -0.2) is 0 Å². The highest BCUT2D eigenvalue weighted by atomic mass is 35.5. The second-order valence-corrected chi connectivity index (χ2v) is 6.49. The Labute approximate surface area is 168 Å². The van der Waals surface area contributed by atoms with Gasteiger partial charge < -0.3 is 25.2 Å². The largest absolute Gasteiger partial charge is 0.508 e. The molecule has 0 saturated carbocycles. The van der Waals surface area contributed by atoms with Gasteiger partial charge in [0.1, 0.15) is 17.2 Å². The van der Waals surface area contributed by atoms with Crippen molar-refractivity contribution >= 4 is 23.4 Å². The molecule has 150 valence electrons. The molecule has 7 nitrogen and oxygen atoms in total. The van der Waals surface area contributed by atoms with Crippen LogP contribution in [0.15, 0.2) is 48.5 Å². The number of amides is 2. The predicted molar refractivity (Wildman–Crippen MR) is 106 cm³/mol. The molecule has 0 radical (unpaired) electrons. The maximum absolute atomic E-state index is 12.0. The zero-order valence-corrected chi connectivity index (χ0v) is 16.4. The SMILES string of the molecule is CC(Oc1ccc(O)cc1)C(=O)NCCNC(=O)C(C)Oc1ccc(Cl)cc1. The van der Waals surface area contributed by atoms with E-state index in [-0.39, 0.29) is 30.7 Å². The fourth-order valence-electron chi connectivity index (χ4n) is 2.21. The maximum Gasteiger partial charge on any atom is 0.260 e. The van der Waals surface area contributed by atoms with Crippen molar-refractivity contribution in [2.75, 3.05) is 13.1 Å². The van der Waals surface area contributed by atoms with E-state index in [4.69, 9.17) is 21.1 Å². The molecule has 0 saturated heterocycles. The van der Waals surface area contributed by atoms with Crippen molar-refractivity contribution in [3.8, 4) is 17.2 Å². The van der Waals surface area contributed by atoms with Crippen LogP contribution in [0.5, 0.6) is 17.2 Å². The third kappa shape index (κ3) is 7.00. The summed E-state index contributed by atoms with van der Waals surface area (Å²) in [7, 11) is 0. The van der Waals surface area contributed by atoms with Crippen LogP contribution in [0.4, 0.5) is 0 Å². The molecule has 0 aromatic heterocycles. The minimum atomic E-state index is -0.715. The number of benzene rings is 2. The molecule has 0 spiro atoms.